The van der Waals surface area contributed by atoms with E-state index in [0.717, 1.165) is 12.6 Å². The minimum Gasteiger partial charge on any atom is -0.313 e. The average Bonchev–Trinajstić information content (AvgIpc) is 3.25. The fourth-order valence-electron chi connectivity index (χ4n) is 2.91. The third-order valence-corrected chi connectivity index (χ3v) is 5.02. The van der Waals surface area contributed by atoms with Crippen LogP contribution in [-0.2, 0) is 6.54 Å². The quantitative estimate of drug-likeness (QED) is 0.791. The third kappa shape index (κ3) is 4.16. The molecule has 0 saturated heterocycles. The number of benzene rings is 1. The SMILES string of the molecule is CNC(CCN(Cc1ccsc1)C1CC1)c1ccccc1. The smallest absolute Gasteiger partial charge is 0.0329 e. The molecule has 1 aliphatic rings. The molecule has 2 nitrogen and oxygen atoms in total. The minimum absolute atomic E-state index is 0.454. The van der Waals surface area contributed by atoms with E-state index in [9.17, 15) is 0 Å². The first-order chi connectivity index (χ1) is 10.4. The van der Waals surface area contributed by atoms with E-state index in [0.29, 0.717) is 6.04 Å². The Kier molecular flexibility index (Phi) is 5.07. The van der Waals surface area contributed by atoms with Crippen molar-refractivity contribution in [3.63, 3.8) is 0 Å². The fraction of sp³-hybridized carbons (Fsp3) is 0.444. The zero-order chi connectivity index (χ0) is 14.5. The summed E-state index contributed by atoms with van der Waals surface area (Å²) in [6.07, 6.45) is 3.92. The van der Waals surface area contributed by atoms with Crippen LogP contribution in [0, 0.1) is 0 Å². The first-order valence-corrected chi connectivity index (χ1v) is 8.78. The molecular formula is C18H24N2S. The summed E-state index contributed by atoms with van der Waals surface area (Å²) < 4.78 is 0. The predicted molar refractivity (Wildman–Crippen MR) is 90.6 cm³/mol. The molecule has 0 amide bonds. The van der Waals surface area contributed by atoms with Gasteiger partial charge in [-0.3, -0.25) is 4.90 Å². The van der Waals surface area contributed by atoms with Crippen molar-refractivity contribution in [1.29, 1.82) is 0 Å². The van der Waals surface area contributed by atoms with Gasteiger partial charge in [-0.15, -0.1) is 0 Å². The molecule has 1 aromatic carbocycles. The Hall–Kier alpha value is -1.16. The fourth-order valence-corrected chi connectivity index (χ4v) is 3.57. The van der Waals surface area contributed by atoms with Crippen molar-refractivity contribution >= 4 is 11.3 Å². The van der Waals surface area contributed by atoms with Gasteiger partial charge in [-0.25, -0.2) is 0 Å². The molecule has 0 bridgehead atoms. The molecule has 21 heavy (non-hydrogen) atoms. The predicted octanol–water partition coefficient (Wildman–Crippen LogP) is 4.06. The molecule has 1 unspecified atom stereocenters. The molecule has 1 atom stereocenters. The number of rotatable bonds is 8. The number of nitrogens with zero attached hydrogens (tertiary/aromatic N) is 1. The summed E-state index contributed by atoms with van der Waals surface area (Å²) in [5, 5.41) is 7.93. The molecule has 3 heteroatoms. The lowest BCUT2D eigenvalue weighted by atomic mass is 10.0. The van der Waals surface area contributed by atoms with Crippen LogP contribution in [0.25, 0.3) is 0 Å². The van der Waals surface area contributed by atoms with Crippen molar-refractivity contribution in [2.24, 2.45) is 0 Å². The molecule has 3 rings (SSSR count). The summed E-state index contributed by atoms with van der Waals surface area (Å²) in [6, 6.07) is 14.3. The average molecular weight is 300 g/mol. The second kappa shape index (κ2) is 7.21. The Morgan fingerprint density at radius 3 is 2.67 bits per heavy atom. The van der Waals surface area contributed by atoms with Crippen molar-refractivity contribution in [1.82, 2.24) is 10.2 Å². The van der Waals surface area contributed by atoms with Crippen LogP contribution in [0.15, 0.2) is 47.2 Å². The molecule has 1 saturated carbocycles. The molecule has 1 N–H and O–H groups in total. The van der Waals surface area contributed by atoms with Crippen LogP contribution in [0.4, 0.5) is 0 Å². The zero-order valence-electron chi connectivity index (χ0n) is 12.7. The summed E-state index contributed by atoms with van der Waals surface area (Å²) in [6.45, 7) is 2.28. The number of nitrogens with one attached hydrogen (secondary N) is 1. The highest BCUT2D eigenvalue weighted by atomic mass is 32.1. The summed E-state index contributed by atoms with van der Waals surface area (Å²) in [4.78, 5) is 2.66. The zero-order valence-corrected chi connectivity index (χ0v) is 13.5. The molecule has 1 aliphatic carbocycles. The van der Waals surface area contributed by atoms with E-state index >= 15 is 0 Å². The van der Waals surface area contributed by atoms with Gasteiger partial charge < -0.3 is 5.32 Å². The van der Waals surface area contributed by atoms with Crippen molar-refractivity contribution in [2.75, 3.05) is 13.6 Å². The van der Waals surface area contributed by atoms with E-state index in [2.05, 4.69) is 64.4 Å². The molecule has 1 fully saturated rings. The van der Waals surface area contributed by atoms with Crippen LogP contribution in [0.3, 0.4) is 0 Å². The molecule has 2 aromatic rings. The summed E-state index contributed by atoms with van der Waals surface area (Å²) in [5.41, 5.74) is 2.86. The minimum atomic E-state index is 0.454. The van der Waals surface area contributed by atoms with Gasteiger partial charge in [-0.1, -0.05) is 30.3 Å². The van der Waals surface area contributed by atoms with Gasteiger partial charge in [-0.2, -0.15) is 11.3 Å². The van der Waals surface area contributed by atoms with Crippen LogP contribution in [0.1, 0.15) is 36.4 Å². The lowest BCUT2D eigenvalue weighted by Gasteiger charge is -2.25. The number of hydrogen-bond donors (Lipinski definition) is 1. The van der Waals surface area contributed by atoms with Gasteiger partial charge in [0.25, 0.3) is 0 Å². The molecule has 1 aromatic heterocycles. The van der Waals surface area contributed by atoms with E-state index < -0.39 is 0 Å². The highest BCUT2D eigenvalue weighted by molar-refractivity contribution is 7.07. The second-order valence-electron chi connectivity index (χ2n) is 5.87. The van der Waals surface area contributed by atoms with Crippen molar-refractivity contribution in [3.05, 3.63) is 58.3 Å². The maximum absolute atomic E-state index is 3.47. The number of hydrogen-bond acceptors (Lipinski definition) is 3. The highest BCUT2D eigenvalue weighted by Crippen LogP contribution is 2.30. The van der Waals surface area contributed by atoms with Gasteiger partial charge in [-0.05, 0) is 54.3 Å². The van der Waals surface area contributed by atoms with Crippen LogP contribution < -0.4 is 5.32 Å². The normalized spacial score (nSPS) is 16.3. The van der Waals surface area contributed by atoms with Gasteiger partial charge in [0.15, 0.2) is 0 Å². The molecular weight excluding hydrogens is 276 g/mol. The van der Waals surface area contributed by atoms with E-state index in [1.807, 2.05) is 0 Å². The first-order valence-electron chi connectivity index (χ1n) is 7.84. The summed E-state index contributed by atoms with van der Waals surface area (Å²) >= 11 is 1.80. The summed E-state index contributed by atoms with van der Waals surface area (Å²) in [5.74, 6) is 0. The van der Waals surface area contributed by atoms with E-state index in [4.69, 9.17) is 0 Å². The standard InChI is InChI=1S/C18H24N2S/c1-19-18(16-5-3-2-4-6-16)9-11-20(17-7-8-17)13-15-10-12-21-14-15/h2-6,10,12,14,17-19H,7-9,11,13H2,1H3. The van der Waals surface area contributed by atoms with E-state index in [-0.39, 0.29) is 0 Å². The molecule has 112 valence electrons. The topological polar surface area (TPSA) is 15.3 Å². The van der Waals surface area contributed by atoms with Crippen LogP contribution >= 0.6 is 11.3 Å². The largest absolute Gasteiger partial charge is 0.313 e. The van der Waals surface area contributed by atoms with Crippen molar-refractivity contribution in [2.45, 2.75) is 37.9 Å². The maximum atomic E-state index is 3.47. The van der Waals surface area contributed by atoms with Gasteiger partial charge >= 0.3 is 0 Å². The Morgan fingerprint density at radius 1 is 1.24 bits per heavy atom. The monoisotopic (exact) mass is 300 g/mol. The van der Waals surface area contributed by atoms with E-state index in [1.54, 1.807) is 11.3 Å². The maximum Gasteiger partial charge on any atom is 0.0329 e. The van der Waals surface area contributed by atoms with Crippen LogP contribution in [0.2, 0.25) is 0 Å². The third-order valence-electron chi connectivity index (χ3n) is 4.28. The lowest BCUT2D eigenvalue weighted by molar-refractivity contribution is 0.240. The van der Waals surface area contributed by atoms with Crippen molar-refractivity contribution < 1.29 is 0 Å². The van der Waals surface area contributed by atoms with Gasteiger partial charge in [0.2, 0.25) is 0 Å². The lowest BCUT2D eigenvalue weighted by Crippen LogP contribution is -2.29. The van der Waals surface area contributed by atoms with Gasteiger partial charge in [0.05, 0.1) is 0 Å². The van der Waals surface area contributed by atoms with Crippen LogP contribution in [0.5, 0.6) is 0 Å². The second-order valence-corrected chi connectivity index (χ2v) is 6.65. The molecule has 0 aliphatic heterocycles. The van der Waals surface area contributed by atoms with Crippen molar-refractivity contribution in [3.8, 4) is 0 Å². The van der Waals surface area contributed by atoms with Gasteiger partial charge in [0, 0.05) is 25.2 Å². The first kappa shape index (κ1) is 14.8. The molecule has 1 heterocycles. The Bertz CT molecular complexity index is 519. The molecule has 0 radical (unpaired) electrons. The Morgan fingerprint density at radius 2 is 2.05 bits per heavy atom. The highest BCUT2D eigenvalue weighted by Gasteiger charge is 2.29. The Balaban J connectivity index is 1.58. The Labute approximate surface area is 131 Å². The van der Waals surface area contributed by atoms with Gasteiger partial charge in [0.1, 0.15) is 0 Å². The number of thiophene rings is 1. The summed E-state index contributed by atoms with van der Waals surface area (Å²) in [7, 11) is 2.07. The van der Waals surface area contributed by atoms with Crippen LogP contribution in [-0.4, -0.2) is 24.5 Å². The van der Waals surface area contributed by atoms with E-state index in [1.165, 1.54) is 36.9 Å². The molecule has 0 spiro atoms.